The van der Waals surface area contributed by atoms with E-state index in [1.54, 1.807) is 12.1 Å². The molecular weight excluding hydrogens is 329 g/mol. The lowest BCUT2D eigenvalue weighted by Crippen LogP contribution is -2.16. The van der Waals surface area contributed by atoms with Crippen LogP contribution < -0.4 is 5.32 Å². The molecule has 3 rings (SSSR count). The summed E-state index contributed by atoms with van der Waals surface area (Å²) in [6.07, 6.45) is -2.83. The third-order valence-corrected chi connectivity index (χ3v) is 4.11. The van der Waals surface area contributed by atoms with E-state index < -0.39 is 11.7 Å². The first-order valence-electron chi connectivity index (χ1n) is 6.95. The molecule has 1 fully saturated rings. The highest BCUT2D eigenvalue weighted by molar-refractivity contribution is 6.31. The number of hydrogen-bond donors (Lipinski definition) is 1. The first-order chi connectivity index (χ1) is 10.9. The molecule has 1 heterocycles. The van der Waals surface area contributed by atoms with Crippen LogP contribution in [0.1, 0.15) is 23.5 Å². The minimum Gasteiger partial charge on any atom is -0.310 e. The fourth-order valence-electron chi connectivity index (χ4n) is 2.50. The number of rotatable bonds is 3. The molecule has 23 heavy (non-hydrogen) atoms. The smallest absolute Gasteiger partial charge is 0.310 e. The molecule has 1 aliphatic carbocycles. The van der Waals surface area contributed by atoms with Gasteiger partial charge in [0, 0.05) is 17.1 Å². The Balaban J connectivity index is 1.69. The van der Waals surface area contributed by atoms with Crippen LogP contribution in [0.5, 0.6) is 0 Å². The topological polar surface area (TPSA) is 42.0 Å². The van der Waals surface area contributed by atoms with Crippen molar-refractivity contribution in [3.63, 3.8) is 0 Å². The molecule has 1 saturated carbocycles. The lowest BCUT2D eigenvalue weighted by atomic mass is 10.1. The fraction of sp³-hybridized carbons (Fsp3) is 0.250. The summed E-state index contributed by atoms with van der Waals surface area (Å²) in [5.74, 6) is -0.753. The van der Waals surface area contributed by atoms with E-state index in [9.17, 15) is 18.0 Å². The van der Waals surface area contributed by atoms with Crippen molar-refractivity contribution in [3.05, 3.63) is 58.7 Å². The average molecular weight is 341 g/mol. The average Bonchev–Trinajstić information content (AvgIpc) is 3.27. The van der Waals surface area contributed by atoms with Gasteiger partial charge in [-0.3, -0.25) is 4.79 Å². The third-order valence-electron chi connectivity index (χ3n) is 3.77. The zero-order chi connectivity index (χ0) is 16.6. The number of benzene rings is 1. The van der Waals surface area contributed by atoms with E-state index in [-0.39, 0.29) is 23.6 Å². The van der Waals surface area contributed by atoms with Crippen LogP contribution in [0.15, 0.2) is 42.6 Å². The Labute approximate surface area is 135 Å². The lowest BCUT2D eigenvalue weighted by molar-refractivity contribution is -0.137. The third kappa shape index (κ3) is 3.47. The van der Waals surface area contributed by atoms with E-state index >= 15 is 0 Å². The van der Waals surface area contributed by atoms with Crippen LogP contribution in [0.3, 0.4) is 0 Å². The number of pyridine rings is 1. The van der Waals surface area contributed by atoms with Gasteiger partial charge in [0.1, 0.15) is 5.82 Å². The van der Waals surface area contributed by atoms with Crippen LogP contribution in [0.2, 0.25) is 5.02 Å². The van der Waals surface area contributed by atoms with Crippen molar-refractivity contribution in [2.75, 3.05) is 5.32 Å². The second-order valence-electron chi connectivity index (χ2n) is 5.39. The monoisotopic (exact) mass is 340 g/mol. The first-order valence-corrected chi connectivity index (χ1v) is 7.32. The predicted octanol–water partition coefficient (Wildman–Crippen LogP) is 4.50. The van der Waals surface area contributed by atoms with Crippen molar-refractivity contribution in [1.29, 1.82) is 0 Å². The molecule has 1 aliphatic rings. The van der Waals surface area contributed by atoms with Gasteiger partial charge in [0.25, 0.3) is 0 Å². The highest BCUT2D eigenvalue weighted by Gasteiger charge is 2.45. The lowest BCUT2D eigenvalue weighted by Gasteiger charge is -2.09. The van der Waals surface area contributed by atoms with Crippen molar-refractivity contribution < 1.29 is 18.0 Å². The van der Waals surface area contributed by atoms with Crippen molar-refractivity contribution in [2.24, 2.45) is 5.92 Å². The summed E-state index contributed by atoms with van der Waals surface area (Å²) in [4.78, 5) is 15.9. The standard InChI is InChI=1S/C16H12ClF3N2O/c17-13-4-2-1-3-10(13)11-8-12(11)15(23)22-14-7-9(5-6-21-14)16(18,19)20/h1-7,11-12H,8H2,(H,21,22,23). The number of aromatic nitrogens is 1. The first kappa shape index (κ1) is 15.8. The normalized spacial score (nSPS) is 20.2. The Kier molecular flexibility index (Phi) is 4.02. The second-order valence-corrected chi connectivity index (χ2v) is 5.79. The molecule has 0 saturated heterocycles. The van der Waals surface area contributed by atoms with Crippen LogP contribution >= 0.6 is 11.6 Å². The molecule has 1 aromatic heterocycles. The van der Waals surface area contributed by atoms with Gasteiger partial charge in [-0.2, -0.15) is 13.2 Å². The summed E-state index contributed by atoms with van der Waals surface area (Å²) in [6.45, 7) is 0. The van der Waals surface area contributed by atoms with E-state index in [0.717, 1.165) is 23.9 Å². The molecule has 0 spiro atoms. The number of nitrogens with zero attached hydrogens (tertiary/aromatic N) is 1. The van der Waals surface area contributed by atoms with Gasteiger partial charge in [-0.05, 0) is 36.1 Å². The maximum Gasteiger partial charge on any atom is 0.416 e. The van der Waals surface area contributed by atoms with Crippen LogP contribution in [0, 0.1) is 5.92 Å². The van der Waals surface area contributed by atoms with E-state index in [0.29, 0.717) is 11.4 Å². The summed E-state index contributed by atoms with van der Waals surface area (Å²) in [5, 5.41) is 3.03. The number of hydrogen-bond acceptors (Lipinski definition) is 2. The van der Waals surface area contributed by atoms with Gasteiger partial charge in [0.15, 0.2) is 0 Å². The Hall–Kier alpha value is -2.08. The zero-order valence-electron chi connectivity index (χ0n) is 11.8. The van der Waals surface area contributed by atoms with Crippen LogP contribution in [0.25, 0.3) is 0 Å². The van der Waals surface area contributed by atoms with Gasteiger partial charge in [0.05, 0.1) is 5.56 Å². The highest BCUT2D eigenvalue weighted by Crippen LogP contribution is 2.50. The van der Waals surface area contributed by atoms with E-state index in [1.165, 1.54) is 0 Å². The molecule has 1 aromatic carbocycles. The van der Waals surface area contributed by atoms with Gasteiger partial charge in [-0.15, -0.1) is 0 Å². The molecule has 2 aromatic rings. The number of anilines is 1. The van der Waals surface area contributed by atoms with Gasteiger partial charge in [0.2, 0.25) is 5.91 Å². The van der Waals surface area contributed by atoms with Crippen LogP contribution in [-0.2, 0) is 11.0 Å². The van der Waals surface area contributed by atoms with Crippen molar-refractivity contribution >= 4 is 23.3 Å². The number of halogens is 4. The van der Waals surface area contributed by atoms with Crippen molar-refractivity contribution in [1.82, 2.24) is 4.98 Å². The number of alkyl halides is 3. The Morgan fingerprint density at radius 2 is 2.00 bits per heavy atom. The van der Waals surface area contributed by atoms with Crippen molar-refractivity contribution in [3.8, 4) is 0 Å². The van der Waals surface area contributed by atoms with Gasteiger partial charge >= 0.3 is 6.18 Å². The molecule has 0 radical (unpaired) electrons. The largest absolute Gasteiger partial charge is 0.416 e. The Bertz CT molecular complexity index is 748. The number of carbonyl (C=O) groups excluding carboxylic acids is 1. The molecule has 1 amide bonds. The summed E-state index contributed by atoms with van der Waals surface area (Å²) in [7, 11) is 0. The molecule has 0 aliphatic heterocycles. The Morgan fingerprint density at radius 1 is 1.26 bits per heavy atom. The minimum atomic E-state index is -4.47. The maximum atomic E-state index is 12.6. The SMILES string of the molecule is O=C(Nc1cc(C(F)(F)F)ccn1)C1CC1c1ccccc1Cl. The zero-order valence-corrected chi connectivity index (χ0v) is 12.5. The summed E-state index contributed by atoms with van der Waals surface area (Å²) in [6, 6.07) is 8.92. The van der Waals surface area contributed by atoms with E-state index in [1.807, 2.05) is 12.1 Å². The molecule has 120 valence electrons. The summed E-state index contributed by atoms with van der Waals surface area (Å²) >= 11 is 6.09. The summed E-state index contributed by atoms with van der Waals surface area (Å²) in [5.41, 5.74) is 0.0348. The molecule has 1 N–H and O–H groups in total. The number of amides is 1. The van der Waals surface area contributed by atoms with Crippen molar-refractivity contribution in [2.45, 2.75) is 18.5 Å². The predicted molar refractivity (Wildman–Crippen MR) is 80.2 cm³/mol. The van der Waals surface area contributed by atoms with Gasteiger partial charge in [-0.1, -0.05) is 29.8 Å². The molecule has 3 nitrogen and oxygen atoms in total. The minimum absolute atomic E-state index is 0.00509. The van der Waals surface area contributed by atoms with E-state index in [2.05, 4.69) is 10.3 Å². The van der Waals surface area contributed by atoms with E-state index in [4.69, 9.17) is 11.6 Å². The Morgan fingerprint density at radius 3 is 2.70 bits per heavy atom. The number of nitrogens with one attached hydrogen (secondary N) is 1. The summed E-state index contributed by atoms with van der Waals surface area (Å²) < 4.78 is 37.9. The highest BCUT2D eigenvalue weighted by atomic mass is 35.5. The van der Waals surface area contributed by atoms with Gasteiger partial charge < -0.3 is 5.32 Å². The number of carbonyl (C=O) groups is 1. The quantitative estimate of drug-likeness (QED) is 0.894. The molecular formula is C16H12ClF3N2O. The fourth-order valence-corrected chi connectivity index (χ4v) is 2.77. The van der Waals surface area contributed by atoms with Crippen LogP contribution in [-0.4, -0.2) is 10.9 Å². The molecule has 2 unspecified atom stereocenters. The molecule has 7 heteroatoms. The molecule has 0 bridgehead atoms. The maximum absolute atomic E-state index is 12.6. The second kappa shape index (κ2) is 5.85. The molecule has 2 atom stereocenters. The van der Waals surface area contributed by atoms with Crippen LogP contribution in [0.4, 0.5) is 19.0 Å². The van der Waals surface area contributed by atoms with Gasteiger partial charge in [-0.25, -0.2) is 4.98 Å².